The monoisotopic (exact) mass is 420 g/mol. The largest absolute Gasteiger partial charge is 0.490 e. The van der Waals surface area contributed by atoms with E-state index in [2.05, 4.69) is 19.2 Å². The van der Waals surface area contributed by atoms with Gasteiger partial charge in [-0.1, -0.05) is 25.4 Å². The maximum atomic E-state index is 11.1. The molecule has 0 aliphatic heterocycles. The quantitative estimate of drug-likeness (QED) is 0.651. The Morgan fingerprint density at radius 2 is 1.86 bits per heavy atom. The predicted molar refractivity (Wildman–Crippen MR) is 114 cm³/mol. The van der Waals surface area contributed by atoms with Crippen molar-refractivity contribution in [3.8, 4) is 11.5 Å². The highest BCUT2D eigenvalue weighted by Crippen LogP contribution is 2.66. The maximum Gasteiger partial charge on any atom is 0.255 e. The number of halogens is 1. The molecule has 4 bridgehead atoms. The molecule has 4 fully saturated rings. The van der Waals surface area contributed by atoms with E-state index in [-0.39, 0.29) is 12.1 Å². The van der Waals surface area contributed by atoms with Gasteiger partial charge in [-0.15, -0.1) is 0 Å². The summed E-state index contributed by atoms with van der Waals surface area (Å²) in [5.41, 5.74) is 7.44. The van der Waals surface area contributed by atoms with Crippen LogP contribution in [0.1, 0.15) is 64.9 Å². The molecule has 5 rings (SSSR count). The third-order valence-corrected chi connectivity index (χ3v) is 7.30. The molecule has 0 radical (unpaired) electrons. The summed E-state index contributed by atoms with van der Waals surface area (Å²) in [5.74, 6) is 1.24. The average Bonchev–Trinajstić information content (AvgIpc) is 2.56. The Balaban J connectivity index is 1.52. The molecule has 0 spiro atoms. The van der Waals surface area contributed by atoms with Crippen molar-refractivity contribution in [3.63, 3.8) is 0 Å². The number of rotatable bonds is 8. The first-order valence-electron chi connectivity index (χ1n) is 10.7. The van der Waals surface area contributed by atoms with E-state index in [1.54, 1.807) is 0 Å². The van der Waals surface area contributed by atoms with Gasteiger partial charge in [0.2, 0.25) is 0 Å². The number of amides is 1. The first-order valence-corrected chi connectivity index (χ1v) is 11.1. The number of carbonyl (C=O) groups excluding carboxylic acids is 1. The molecule has 4 aliphatic carbocycles. The van der Waals surface area contributed by atoms with Crippen molar-refractivity contribution < 1.29 is 14.3 Å². The summed E-state index contributed by atoms with van der Waals surface area (Å²) in [5, 5.41) is 4.37. The van der Waals surface area contributed by atoms with Crippen LogP contribution in [0.3, 0.4) is 0 Å². The van der Waals surface area contributed by atoms with Crippen LogP contribution in [0.4, 0.5) is 0 Å². The Morgan fingerprint density at radius 3 is 2.45 bits per heavy atom. The number of ether oxygens (including phenoxy) is 2. The van der Waals surface area contributed by atoms with E-state index in [0.29, 0.717) is 34.0 Å². The lowest BCUT2D eigenvalue weighted by Gasteiger charge is -2.65. The number of benzene rings is 1. The second kappa shape index (κ2) is 7.35. The van der Waals surface area contributed by atoms with E-state index in [0.717, 1.165) is 18.0 Å². The zero-order chi connectivity index (χ0) is 20.9. The molecule has 0 saturated heterocycles. The molecule has 4 saturated carbocycles. The summed E-state index contributed by atoms with van der Waals surface area (Å²) in [6.45, 7) is 7.89. The zero-order valence-corrected chi connectivity index (χ0v) is 18.5. The van der Waals surface area contributed by atoms with Crippen LogP contribution in [0.25, 0.3) is 0 Å². The van der Waals surface area contributed by atoms with Crippen LogP contribution in [0.15, 0.2) is 12.1 Å². The fourth-order valence-corrected chi connectivity index (χ4v) is 7.49. The first kappa shape index (κ1) is 20.8. The van der Waals surface area contributed by atoms with Gasteiger partial charge in [0.1, 0.15) is 0 Å². The first-order chi connectivity index (χ1) is 13.6. The number of nitrogens with two attached hydrogens (primary N) is 1. The number of primary amides is 1. The van der Waals surface area contributed by atoms with Gasteiger partial charge in [0.05, 0.1) is 11.6 Å². The van der Waals surface area contributed by atoms with E-state index in [4.69, 9.17) is 26.8 Å². The molecular weight excluding hydrogens is 388 g/mol. The van der Waals surface area contributed by atoms with Crippen molar-refractivity contribution in [3.05, 3.63) is 22.7 Å². The lowest BCUT2D eigenvalue weighted by Crippen LogP contribution is -2.63. The van der Waals surface area contributed by atoms with Crippen molar-refractivity contribution in [1.82, 2.24) is 5.32 Å². The molecule has 0 aromatic heterocycles. The minimum atomic E-state index is -0.543. The molecular formula is C23H33ClN2O3. The highest BCUT2D eigenvalue weighted by molar-refractivity contribution is 6.32. The van der Waals surface area contributed by atoms with Gasteiger partial charge in [0, 0.05) is 12.1 Å². The predicted octanol–water partition coefficient (Wildman–Crippen LogP) is 4.44. The number of hydrogen-bond donors (Lipinski definition) is 2. The fraction of sp³-hybridized carbons (Fsp3) is 0.696. The van der Waals surface area contributed by atoms with Gasteiger partial charge in [0.25, 0.3) is 5.91 Å². The lowest BCUT2D eigenvalue weighted by atomic mass is 9.43. The second-order valence-corrected chi connectivity index (χ2v) is 10.8. The van der Waals surface area contributed by atoms with Gasteiger partial charge in [0.15, 0.2) is 18.1 Å². The van der Waals surface area contributed by atoms with Crippen molar-refractivity contribution in [2.24, 2.45) is 22.5 Å². The summed E-state index contributed by atoms with van der Waals surface area (Å²) in [6.07, 6.45) is 7.95. The number of nitrogens with one attached hydrogen (secondary N) is 1. The zero-order valence-electron chi connectivity index (χ0n) is 17.8. The van der Waals surface area contributed by atoms with Crippen LogP contribution in [-0.4, -0.2) is 24.7 Å². The van der Waals surface area contributed by atoms with E-state index in [1.165, 1.54) is 38.5 Å². The smallest absolute Gasteiger partial charge is 0.255 e. The van der Waals surface area contributed by atoms with Gasteiger partial charge in [-0.25, -0.2) is 0 Å². The normalized spacial score (nSPS) is 35.0. The Hall–Kier alpha value is -1.46. The van der Waals surface area contributed by atoms with Gasteiger partial charge in [-0.3, -0.25) is 4.79 Å². The molecule has 0 heterocycles. The molecule has 6 heteroatoms. The Kier molecular flexibility index (Phi) is 5.27. The summed E-state index contributed by atoms with van der Waals surface area (Å²) >= 11 is 6.47. The minimum absolute atomic E-state index is 0.223. The third kappa shape index (κ3) is 4.22. The minimum Gasteiger partial charge on any atom is -0.490 e. The summed E-state index contributed by atoms with van der Waals surface area (Å²) in [4.78, 5) is 11.1. The Bertz CT molecular complexity index is 794. The molecule has 5 nitrogen and oxygen atoms in total. The topological polar surface area (TPSA) is 73.6 Å². The Morgan fingerprint density at radius 1 is 1.17 bits per heavy atom. The highest BCUT2D eigenvalue weighted by atomic mass is 35.5. The van der Waals surface area contributed by atoms with Crippen LogP contribution in [-0.2, 0) is 11.3 Å². The average molecular weight is 421 g/mol. The fourth-order valence-electron chi connectivity index (χ4n) is 7.20. The standard InChI is InChI=1S/C23H33ClN2O3/c1-4-28-18-6-15(5-17(24)20(18)29-11-19(25)27)10-26-23-9-16-7-21(2,13-23)12-22(3,8-16)14-23/h5-6,16,26H,4,7-14H2,1-3H3,(H2,25,27). The highest BCUT2D eigenvalue weighted by Gasteiger charge is 2.59. The Labute approximate surface area is 178 Å². The third-order valence-electron chi connectivity index (χ3n) is 7.02. The number of hydrogen-bond acceptors (Lipinski definition) is 4. The molecule has 1 aromatic carbocycles. The molecule has 1 aromatic rings. The summed E-state index contributed by atoms with van der Waals surface area (Å²) in [6, 6.07) is 3.86. The molecule has 1 amide bonds. The van der Waals surface area contributed by atoms with Gasteiger partial charge in [-0.05, 0) is 79.9 Å². The summed E-state index contributed by atoms with van der Waals surface area (Å²) in [7, 11) is 0. The van der Waals surface area contributed by atoms with Gasteiger partial charge >= 0.3 is 0 Å². The van der Waals surface area contributed by atoms with Crippen molar-refractivity contribution >= 4 is 17.5 Å². The molecule has 29 heavy (non-hydrogen) atoms. The SMILES string of the molecule is CCOc1cc(CNC23CC4CC(C)(CC(C)(C4)C2)C3)cc(Cl)c1OCC(N)=O. The van der Waals surface area contributed by atoms with Crippen LogP contribution >= 0.6 is 11.6 Å². The van der Waals surface area contributed by atoms with Crippen LogP contribution < -0.4 is 20.5 Å². The van der Waals surface area contributed by atoms with Crippen LogP contribution in [0.5, 0.6) is 11.5 Å². The van der Waals surface area contributed by atoms with E-state index >= 15 is 0 Å². The second-order valence-electron chi connectivity index (χ2n) is 10.4. The molecule has 4 aliphatic rings. The number of carbonyl (C=O) groups is 1. The van der Waals surface area contributed by atoms with Gasteiger partial charge < -0.3 is 20.5 Å². The molecule has 2 unspecified atom stereocenters. The van der Waals surface area contributed by atoms with E-state index in [1.807, 2.05) is 19.1 Å². The summed E-state index contributed by atoms with van der Waals surface area (Å²) < 4.78 is 11.2. The van der Waals surface area contributed by atoms with Crippen LogP contribution in [0, 0.1) is 16.7 Å². The molecule has 3 N–H and O–H groups in total. The van der Waals surface area contributed by atoms with E-state index < -0.39 is 5.91 Å². The van der Waals surface area contributed by atoms with Crippen molar-refractivity contribution in [2.45, 2.75) is 71.4 Å². The lowest BCUT2D eigenvalue weighted by molar-refractivity contribution is -0.120. The van der Waals surface area contributed by atoms with Crippen molar-refractivity contribution in [1.29, 1.82) is 0 Å². The molecule has 2 atom stereocenters. The van der Waals surface area contributed by atoms with Crippen LogP contribution in [0.2, 0.25) is 5.02 Å². The van der Waals surface area contributed by atoms with E-state index in [9.17, 15) is 4.79 Å². The maximum absolute atomic E-state index is 11.1. The van der Waals surface area contributed by atoms with Crippen molar-refractivity contribution in [2.75, 3.05) is 13.2 Å². The van der Waals surface area contributed by atoms with Gasteiger partial charge in [-0.2, -0.15) is 0 Å². The molecule has 160 valence electrons.